The fourth-order valence-corrected chi connectivity index (χ4v) is 3.95. The molecule has 2 heterocycles. The number of hydrogen-bond donors (Lipinski definition) is 0. The van der Waals surface area contributed by atoms with E-state index in [4.69, 9.17) is 16.1 Å². The molecule has 0 N–H and O–H groups in total. The fourth-order valence-electron chi connectivity index (χ4n) is 2.97. The second-order valence-corrected chi connectivity index (χ2v) is 8.10. The maximum Gasteiger partial charge on any atom is 0.222 e. The Morgan fingerprint density at radius 3 is 2.62 bits per heavy atom. The van der Waals surface area contributed by atoms with Crippen LogP contribution in [0.3, 0.4) is 0 Å². The maximum atomic E-state index is 12.4. The highest BCUT2D eigenvalue weighted by Crippen LogP contribution is 2.21. The van der Waals surface area contributed by atoms with E-state index in [1.54, 1.807) is 11.8 Å². The van der Waals surface area contributed by atoms with Gasteiger partial charge in [-0.05, 0) is 43.4 Å². The third-order valence-electron chi connectivity index (χ3n) is 4.40. The molecule has 1 fully saturated rings. The molecule has 5 nitrogen and oxygen atoms in total. The van der Waals surface area contributed by atoms with Crippen LogP contribution in [0.25, 0.3) is 0 Å². The van der Waals surface area contributed by atoms with Gasteiger partial charge in [0.15, 0.2) is 5.76 Å². The number of aromatic nitrogens is 1. The Bertz CT molecular complexity index is 712. The number of rotatable bonds is 7. The number of aryl methyl sites for hydroxylation is 1. The van der Waals surface area contributed by atoms with Crippen molar-refractivity contribution in [2.24, 2.45) is 0 Å². The lowest BCUT2D eigenvalue weighted by atomic mass is 10.2. The molecular formula is C19H24ClN3O2S. The molecule has 0 bridgehead atoms. The minimum absolute atomic E-state index is 0.261. The Kier molecular flexibility index (Phi) is 7.00. The first kappa shape index (κ1) is 19.3. The second kappa shape index (κ2) is 9.44. The van der Waals surface area contributed by atoms with Gasteiger partial charge in [0.05, 0.1) is 12.2 Å². The molecule has 0 aliphatic carbocycles. The van der Waals surface area contributed by atoms with Gasteiger partial charge >= 0.3 is 0 Å². The average Bonchev–Trinajstić information content (AvgIpc) is 3.05. The van der Waals surface area contributed by atoms with E-state index in [1.165, 1.54) is 4.90 Å². The van der Waals surface area contributed by atoms with Gasteiger partial charge in [-0.1, -0.05) is 16.8 Å². The maximum absolute atomic E-state index is 12.4. The number of hydrogen-bond acceptors (Lipinski definition) is 5. The van der Waals surface area contributed by atoms with Crippen molar-refractivity contribution in [2.75, 3.05) is 31.9 Å². The molecule has 0 atom stereocenters. The lowest BCUT2D eigenvalue weighted by Gasteiger charge is -2.34. The zero-order valence-electron chi connectivity index (χ0n) is 15.0. The van der Waals surface area contributed by atoms with E-state index in [9.17, 15) is 4.79 Å². The Morgan fingerprint density at radius 1 is 1.23 bits per heavy atom. The minimum atomic E-state index is 0.261. The number of halogens is 1. The first-order valence-corrected chi connectivity index (χ1v) is 10.3. The van der Waals surface area contributed by atoms with Gasteiger partial charge in [0.25, 0.3) is 0 Å². The van der Waals surface area contributed by atoms with Crippen molar-refractivity contribution in [3.05, 3.63) is 46.8 Å². The molecule has 1 aromatic heterocycles. The summed E-state index contributed by atoms with van der Waals surface area (Å²) in [5, 5.41) is 4.67. The van der Waals surface area contributed by atoms with Crippen LogP contribution in [0, 0.1) is 6.92 Å². The van der Waals surface area contributed by atoms with Crippen molar-refractivity contribution < 1.29 is 9.32 Å². The molecule has 0 radical (unpaired) electrons. The van der Waals surface area contributed by atoms with Gasteiger partial charge in [0.2, 0.25) is 5.91 Å². The molecule has 26 heavy (non-hydrogen) atoms. The van der Waals surface area contributed by atoms with Crippen molar-refractivity contribution in [3.63, 3.8) is 0 Å². The van der Waals surface area contributed by atoms with E-state index < -0.39 is 0 Å². The summed E-state index contributed by atoms with van der Waals surface area (Å²) >= 11 is 7.65. The summed E-state index contributed by atoms with van der Waals surface area (Å²) in [7, 11) is 0. The largest absolute Gasteiger partial charge is 0.360 e. The molecule has 7 heteroatoms. The smallest absolute Gasteiger partial charge is 0.222 e. The van der Waals surface area contributed by atoms with E-state index in [-0.39, 0.29) is 5.91 Å². The van der Waals surface area contributed by atoms with Crippen molar-refractivity contribution >= 4 is 29.3 Å². The van der Waals surface area contributed by atoms with Crippen LogP contribution in [-0.2, 0) is 11.3 Å². The number of carbonyl (C=O) groups is 1. The standard InChI is InChI=1S/C19H24ClN3O2S/c1-15-13-17(25-21-15)14-22-8-10-23(11-9-22)19(24)3-2-12-26-18-6-4-16(20)5-7-18/h4-7,13H,2-3,8-12,14H2,1H3. The van der Waals surface area contributed by atoms with E-state index in [0.717, 1.165) is 61.4 Å². The molecule has 1 saturated heterocycles. The SMILES string of the molecule is Cc1cc(CN2CCN(C(=O)CCCSc3ccc(Cl)cc3)CC2)on1. The third-order valence-corrected chi connectivity index (χ3v) is 5.75. The molecule has 1 aliphatic rings. The predicted octanol–water partition coefficient (Wildman–Crippen LogP) is 3.85. The molecule has 0 spiro atoms. The highest BCUT2D eigenvalue weighted by Gasteiger charge is 2.21. The van der Waals surface area contributed by atoms with Crippen LogP contribution in [0.5, 0.6) is 0 Å². The van der Waals surface area contributed by atoms with Crippen LogP contribution in [0.2, 0.25) is 5.02 Å². The van der Waals surface area contributed by atoms with E-state index in [2.05, 4.69) is 10.1 Å². The minimum Gasteiger partial charge on any atom is -0.360 e. The predicted molar refractivity (Wildman–Crippen MR) is 105 cm³/mol. The highest BCUT2D eigenvalue weighted by molar-refractivity contribution is 7.99. The zero-order chi connectivity index (χ0) is 18.4. The Hall–Kier alpha value is -1.50. The van der Waals surface area contributed by atoms with Gasteiger partial charge in [-0.2, -0.15) is 0 Å². The van der Waals surface area contributed by atoms with Gasteiger partial charge < -0.3 is 9.42 Å². The molecular weight excluding hydrogens is 370 g/mol. The van der Waals surface area contributed by atoms with Crippen LogP contribution >= 0.6 is 23.4 Å². The number of carbonyl (C=O) groups excluding carboxylic acids is 1. The lowest BCUT2D eigenvalue weighted by Crippen LogP contribution is -2.48. The van der Waals surface area contributed by atoms with Gasteiger partial charge in [0, 0.05) is 48.6 Å². The molecule has 0 saturated carbocycles. The number of amides is 1. The molecule has 3 rings (SSSR count). The normalized spacial score (nSPS) is 15.4. The van der Waals surface area contributed by atoms with Crippen LogP contribution in [0.15, 0.2) is 39.8 Å². The zero-order valence-corrected chi connectivity index (χ0v) is 16.6. The van der Waals surface area contributed by atoms with Crippen LogP contribution in [0.4, 0.5) is 0 Å². The van der Waals surface area contributed by atoms with Crippen molar-refractivity contribution in [1.29, 1.82) is 0 Å². The summed E-state index contributed by atoms with van der Waals surface area (Å²) in [5.74, 6) is 2.09. The summed E-state index contributed by atoms with van der Waals surface area (Å²) in [5.41, 5.74) is 0.908. The van der Waals surface area contributed by atoms with Crippen molar-refractivity contribution in [3.8, 4) is 0 Å². The van der Waals surface area contributed by atoms with Gasteiger partial charge in [-0.15, -0.1) is 11.8 Å². The summed E-state index contributed by atoms with van der Waals surface area (Å²) in [6.07, 6.45) is 1.51. The third kappa shape index (κ3) is 5.76. The second-order valence-electron chi connectivity index (χ2n) is 6.50. The summed E-state index contributed by atoms with van der Waals surface area (Å²) in [6.45, 7) is 6.03. The Labute approximate surface area is 163 Å². The first-order valence-electron chi connectivity index (χ1n) is 8.91. The number of thioether (sulfide) groups is 1. The Balaban J connectivity index is 1.32. The van der Waals surface area contributed by atoms with E-state index in [1.807, 2.05) is 42.2 Å². The molecule has 1 aromatic carbocycles. The summed E-state index contributed by atoms with van der Waals surface area (Å²) < 4.78 is 5.27. The average molecular weight is 394 g/mol. The van der Waals surface area contributed by atoms with E-state index >= 15 is 0 Å². The molecule has 140 valence electrons. The number of piperazine rings is 1. The molecule has 0 unspecified atom stereocenters. The Morgan fingerprint density at radius 2 is 1.96 bits per heavy atom. The summed E-state index contributed by atoms with van der Waals surface area (Å²) in [4.78, 5) is 17.9. The van der Waals surface area contributed by atoms with Crippen LogP contribution < -0.4 is 0 Å². The number of nitrogens with zero attached hydrogens (tertiary/aromatic N) is 3. The van der Waals surface area contributed by atoms with Gasteiger partial charge in [0.1, 0.15) is 0 Å². The monoisotopic (exact) mass is 393 g/mol. The molecule has 1 amide bonds. The fraction of sp³-hybridized carbons (Fsp3) is 0.474. The molecule has 1 aliphatic heterocycles. The van der Waals surface area contributed by atoms with Crippen molar-refractivity contribution in [1.82, 2.24) is 15.0 Å². The van der Waals surface area contributed by atoms with Crippen molar-refractivity contribution in [2.45, 2.75) is 31.2 Å². The van der Waals surface area contributed by atoms with Crippen LogP contribution in [-0.4, -0.2) is 52.8 Å². The number of benzene rings is 1. The van der Waals surface area contributed by atoms with Crippen LogP contribution in [0.1, 0.15) is 24.3 Å². The quantitative estimate of drug-likeness (QED) is 0.528. The van der Waals surface area contributed by atoms with E-state index in [0.29, 0.717) is 6.42 Å². The lowest BCUT2D eigenvalue weighted by molar-refractivity contribution is -0.133. The van der Waals surface area contributed by atoms with Gasteiger partial charge in [-0.3, -0.25) is 9.69 Å². The van der Waals surface area contributed by atoms with Gasteiger partial charge in [-0.25, -0.2) is 0 Å². The topological polar surface area (TPSA) is 49.6 Å². The molecule has 2 aromatic rings. The highest BCUT2D eigenvalue weighted by atomic mass is 35.5. The summed E-state index contributed by atoms with van der Waals surface area (Å²) in [6, 6.07) is 9.80. The first-order chi connectivity index (χ1) is 12.6.